The number of ether oxygens (including phenoxy) is 2. The standard InChI is InChI=1S/C18H22N8O2/c1-13-4-5-26(23-13)15-10-14(19-12-20-15)24-6-8-25(9-7-24)18-21-16(27-2)11-17(22-18)28-3/h4-5,10-12H,6-9H2,1-3H3. The van der Waals surface area contributed by atoms with Gasteiger partial charge in [0.2, 0.25) is 17.7 Å². The minimum atomic E-state index is 0.485. The lowest BCUT2D eigenvalue weighted by Crippen LogP contribution is -2.47. The summed E-state index contributed by atoms with van der Waals surface area (Å²) in [6, 6.07) is 5.56. The van der Waals surface area contributed by atoms with Gasteiger partial charge in [-0.15, -0.1) is 0 Å². The highest BCUT2D eigenvalue weighted by molar-refractivity contribution is 5.46. The summed E-state index contributed by atoms with van der Waals surface area (Å²) >= 11 is 0. The fourth-order valence-corrected chi connectivity index (χ4v) is 3.06. The third kappa shape index (κ3) is 3.66. The molecule has 10 nitrogen and oxygen atoms in total. The van der Waals surface area contributed by atoms with E-state index in [4.69, 9.17) is 9.47 Å². The normalized spacial score (nSPS) is 14.2. The fourth-order valence-electron chi connectivity index (χ4n) is 3.06. The molecule has 0 N–H and O–H groups in total. The van der Waals surface area contributed by atoms with E-state index >= 15 is 0 Å². The maximum absolute atomic E-state index is 5.24. The lowest BCUT2D eigenvalue weighted by molar-refractivity contribution is 0.371. The van der Waals surface area contributed by atoms with Gasteiger partial charge in [0.25, 0.3) is 0 Å². The Morgan fingerprint density at radius 2 is 1.50 bits per heavy atom. The van der Waals surface area contributed by atoms with Crippen LogP contribution in [0.1, 0.15) is 5.69 Å². The molecular weight excluding hydrogens is 360 g/mol. The number of aromatic nitrogens is 6. The van der Waals surface area contributed by atoms with Crippen molar-refractivity contribution in [3.8, 4) is 17.6 Å². The van der Waals surface area contributed by atoms with Crippen molar-refractivity contribution >= 4 is 11.8 Å². The van der Waals surface area contributed by atoms with Crippen LogP contribution in [0.5, 0.6) is 11.8 Å². The van der Waals surface area contributed by atoms with Crippen molar-refractivity contribution in [2.75, 3.05) is 50.2 Å². The van der Waals surface area contributed by atoms with E-state index in [9.17, 15) is 0 Å². The predicted molar refractivity (Wildman–Crippen MR) is 103 cm³/mol. The second-order valence-corrected chi connectivity index (χ2v) is 6.36. The molecule has 0 bridgehead atoms. The van der Waals surface area contributed by atoms with Crippen molar-refractivity contribution in [2.24, 2.45) is 0 Å². The van der Waals surface area contributed by atoms with Gasteiger partial charge < -0.3 is 19.3 Å². The van der Waals surface area contributed by atoms with Crippen LogP contribution in [-0.4, -0.2) is 70.1 Å². The quantitative estimate of drug-likeness (QED) is 0.643. The van der Waals surface area contributed by atoms with Crippen LogP contribution in [0, 0.1) is 6.92 Å². The Kier molecular flexibility index (Phi) is 4.92. The van der Waals surface area contributed by atoms with Crippen molar-refractivity contribution in [1.29, 1.82) is 0 Å². The zero-order chi connectivity index (χ0) is 19.5. The number of aryl methyl sites for hydroxylation is 1. The number of hydrogen-bond donors (Lipinski definition) is 0. The third-order valence-corrected chi connectivity index (χ3v) is 4.57. The summed E-state index contributed by atoms with van der Waals surface area (Å²) in [5.74, 6) is 3.20. The van der Waals surface area contributed by atoms with Crippen LogP contribution in [0.4, 0.5) is 11.8 Å². The summed E-state index contributed by atoms with van der Waals surface area (Å²) in [5.41, 5.74) is 0.947. The first-order valence-corrected chi connectivity index (χ1v) is 8.98. The topological polar surface area (TPSA) is 94.3 Å². The number of piperazine rings is 1. The van der Waals surface area contributed by atoms with Gasteiger partial charge in [-0.05, 0) is 13.0 Å². The van der Waals surface area contributed by atoms with Crippen LogP contribution >= 0.6 is 0 Å². The molecule has 1 fully saturated rings. The van der Waals surface area contributed by atoms with E-state index in [-0.39, 0.29) is 0 Å². The van der Waals surface area contributed by atoms with Crippen molar-refractivity contribution in [1.82, 2.24) is 29.7 Å². The van der Waals surface area contributed by atoms with Crippen molar-refractivity contribution < 1.29 is 9.47 Å². The van der Waals surface area contributed by atoms with Gasteiger partial charge in [0.05, 0.1) is 26.0 Å². The number of hydrogen-bond acceptors (Lipinski definition) is 9. The highest BCUT2D eigenvalue weighted by Crippen LogP contribution is 2.22. The van der Waals surface area contributed by atoms with Gasteiger partial charge in [0.15, 0.2) is 5.82 Å². The van der Waals surface area contributed by atoms with Gasteiger partial charge >= 0.3 is 0 Å². The number of methoxy groups -OCH3 is 2. The van der Waals surface area contributed by atoms with Crippen molar-refractivity contribution in [2.45, 2.75) is 6.92 Å². The maximum Gasteiger partial charge on any atom is 0.232 e. The average molecular weight is 382 g/mol. The first kappa shape index (κ1) is 18.0. The molecule has 3 aromatic heterocycles. The monoisotopic (exact) mass is 382 g/mol. The molecule has 28 heavy (non-hydrogen) atoms. The summed E-state index contributed by atoms with van der Waals surface area (Å²) in [7, 11) is 3.16. The molecule has 4 rings (SSSR count). The lowest BCUT2D eigenvalue weighted by atomic mass is 10.3. The van der Waals surface area contributed by atoms with E-state index in [2.05, 4.69) is 34.8 Å². The molecule has 0 atom stereocenters. The first-order chi connectivity index (χ1) is 13.7. The molecule has 10 heteroatoms. The van der Waals surface area contributed by atoms with Crippen molar-refractivity contribution in [3.63, 3.8) is 0 Å². The van der Waals surface area contributed by atoms with Crippen LogP contribution in [0.25, 0.3) is 5.82 Å². The van der Waals surface area contributed by atoms with E-state index in [1.54, 1.807) is 31.3 Å². The fraction of sp³-hybridized carbons (Fsp3) is 0.389. The molecule has 0 radical (unpaired) electrons. The molecule has 1 aliphatic heterocycles. The smallest absolute Gasteiger partial charge is 0.232 e. The van der Waals surface area contributed by atoms with Gasteiger partial charge in [-0.25, -0.2) is 14.6 Å². The van der Waals surface area contributed by atoms with E-state index in [0.717, 1.165) is 43.5 Å². The summed E-state index contributed by atoms with van der Waals surface area (Å²) < 4.78 is 12.2. The SMILES string of the molecule is COc1cc(OC)nc(N2CCN(c3cc(-n4ccc(C)n4)ncn3)CC2)n1. The second kappa shape index (κ2) is 7.67. The molecule has 0 spiro atoms. The molecule has 146 valence electrons. The summed E-state index contributed by atoms with van der Waals surface area (Å²) in [5, 5.41) is 4.41. The van der Waals surface area contributed by atoms with Crippen LogP contribution in [0.2, 0.25) is 0 Å². The molecular formula is C18H22N8O2. The van der Waals surface area contributed by atoms with Gasteiger partial charge in [0, 0.05) is 38.4 Å². The first-order valence-electron chi connectivity index (χ1n) is 8.98. The Morgan fingerprint density at radius 1 is 0.857 bits per heavy atom. The lowest BCUT2D eigenvalue weighted by Gasteiger charge is -2.35. The van der Waals surface area contributed by atoms with E-state index in [1.165, 1.54) is 0 Å². The summed E-state index contributed by atoms with van der Waals surface area (Å²) in [4.78, 5) is 22.0. The zero-order valence-electron chi connectivity index (χ0n) is 16.1. The molecule has 0 amide bonds. The van der Waals surface area contributed by atoms with Crippen LogP contribution in [-0.2, 0) is 0 Å². The van der Waals surface area contributed by atoms with Gasteiger partial charge in [-0.1, -0.05) is 0 Å². The Morgan fingerprint density at radius 3 is 2.11 bits per heavy atom. The number of rotatable bonds is 5. The Balaban J connectivity index is 1.47. The highest BCUT2D eigenvalue weighted by atomic mass is 16.5. The van der Waals surface area contributed by atoms with Crippen molar-refractivity contribution in [3.05, 3.63) is 36.4 Å². The second-order valence-electron chi connectivity index (χ2n) is 6.36. The van der Waals surface area contributed by atoms with Crippen LogP contribution < -0.4 is 19.3 Å². The Hall–Kier alpha value is -3.43. The Bertz CT molecular complexity index is 930. The molecule has 0 unspecified atom stereocenters. The zero-order valence-corrected chi connectivity index (χ0v) is 16.1. The van der Waals surface area contributed by atoms with Gasteiger partial charge in [-0.3, -0.25) is 0 Å². The minimum Gasteiger partial charge on any atom is -0.481 e. The van der Waals surface area contributed by atoms with Crippen LogP contribution in [0.15, 0.2) is 30.7 Å². The molecule has 0 saturated carbocycles. The molecule has 1 aliphatic rings. The average Bonchev–Trinajstić information content (AvgIpc) is 3.20. The van der Waals surface area contributed by atoms with Gasteiger partial charge in [-0.2, -0.15) is 15.1 Å². The van der Waals surface area contributed by atoms with Crippen LogP contribution in [0.3, 0.4) is 0 Å². The molecule has 3 aromatic rings. The molecule has 0 aliphatic carbocycles. The third-order valence-electron chi connectivity index (χ3n) is 4.57. The van der Waals surface area contributed by atoms with Gasteiger partial charge in [0.1, 0.15) is 12.1 Å². The van der Waals surface area contributed by atoms with E-state index in [0.29, 0.717) is 17.7 Å². The number of anilines is 2. The van der Waals surface area contributed by atoms with E-state index in [1.807, 2.05) is 25.3 Å². The molecule has 4 heterocycles. The minimum absolute atomic E-state index is 0.485. The Labute approximate surface area is 162 Å². The van der Waals surface area contributed by atoms with E-state index < -0.39 is 0 Å². The molecule has 1 saturated heterocycles. The highest BCUT2D eigenvalue weighted by Gasteiger charge is 2.22. The largest absolute Gasteiger partial charge is 0.481 e. The predicted octanol–water partition coefficient (Wildman–Crippen LogP) is 1.10. The number of nitrogens with zero attached hydrogens (tertiary/aromatic N) is 8. The maximum atomic E-state index is 5.24. The summed E-state index contributed by atoms with van der Waals surface area (Å²) in [6.45, 7) is 5.05. The summed E-state index contributed by atoms with van der Waals surface area (Å²) in [6.07, 6.45) is 3.47. The molecule has 0 aromatic carbocycles.